The van der Waals surface area contributed by atoms with Crippen LogP contribution in [0.15, 0.2) is 0 Å². The van der Waals surface area contributed by atoms with Crippen LogP contribution in [-0.4, -0.2) is 77.0 Å². The number of thioether (sulfide) groups is 2. The highest BCUT2D eigenvalue weighted by molar-refractivity contribution is 7.98. The smallest absolute Gasteiger partial charge is 0.326 e. The minimum Gasteiger partial charge on any atom is -0.480 e. The van der Waals surface area contributed by atoms with Gasteiger partial charge in [-0.3, -0.25) is 14.4 Å². The number of hydrogen-bond acceptors (Lipinski definition) is 7. The van der Waals surface area contributed by atoms with Gasteiger partial charge in [0.05, 0.1) is 6.04 Å². The molecule has 0 heterocycles. The van der Waals surface area contributed by atoms with Gasteiger partial charge in [-0.1, -0.05) is 34.1 Å². The molecule has 0 aliphatic heterocycles. The number of amides is 3. The number of carbonyl (C=O) groups excluding carboxylic acids is 3. The summed E-state index contributed by atoms with van der Waals surface area (Å²) >= 11 is 3.09. The van der Waals surface area contributed by atoms with E-state index in [2.05, 4.69) is 16.0 Å². The normalized spacial score (nSPS) is 15.9. The molecule has 0 aromatic heterocycles. The Labute approximate surface area is 200 Å². The van der Waals surface area contributed by atoms with Gasteiger partial charge >= 0.3 is 5.97 Å². The Morgan fingerprint density at radius 2 is 1.38 bits per heavy atom. The maximum Gasteiger partial charge on any atom is 0.326 e. The Morgan fingerprint density at radius 1 is 0.844 bits per heavy atom. The zero-order chi connectivity index (χ0) is 24.8. The van der Waals surface area contributed by atoms with E-state index in [1.54, 1.807) is 32.5 Å². The highest BCUT2D eigenvalue weighted by atomic mass is 32.2. The minimum atomic E-state index is -1.12. The molecule has 0 aromatic rings. The van der Waals surface area contributed by atoms with Crippen molar-refractivity contribution in [2.45, 2.75) is 71.1 Å². The zero-order valence-corrected chi connectivity index (χ0v) is 21.6. The molecule has 5 atom stereocenters. The molecule has 0 fully saturated rings. The van der Waals surface area contributed by atoms with E-state index in [-0.39, 0.29) is 11.8 Å². The van der Waals surface area contributed by atoms with Crippen LogP contribution in [-0.2, 0) is 19.2 Å². The third kappa shape index (κ3) is 10.9. The lowest BCUT2D eigenvalue weighted by Crippen LogP contribution is -2.59. The van der Waals surface area contributed by atoms with Crippen molar-refractivity contribution in [3.05, 3.63) is 0 Å². The monoisotopic (exact) mass is 492 g/mol. The van der Waals surface area contributed by atoms with Crippen LogP contribution < -0.4 is 21.7 Å². The molecule has 5 unspecified atom stereocenters. The second-order valence-corrected chi connectivity index (χ2v) is 10.1. The molecule has 0 saturated carbocycles. The van der Waals surface area contributed by atoms with E-state index in [4.69, 9.17) is 5.73 Å². The lowest BCUT2D eigenvalue weighted by molar-refractivity contribution is -0.144. The quantitative estimate of drug-likeness (QED) is 0.215. The summed E-state index contributed by atoms with van der Waals surface area (Å²) in [5.41, 5.74) is 5.91. The van der Waals surface area contributed by atoms with Crippen molar-refractivity contribution in [2.75, 3.05) is 24.0 Å². The van der Waals surface area contributed by atoms with Crippen molar-refractivity contribution in [1.29, 1.82) is 0 Å². The summed E-state index contributed by atoms with van der Waals surface area (Å²) in [6, 6.07) is -3.54. The van der Waals surface area contributed by atoms with E-state index >= 15 is 0 Å². The van der Waals surface area contributed by atoms with Crippen LogP contribution >= 0.6 is 23.5 Å². The van der Waals surface area contributed by atoms with Gasteiger partial charge < -0.3 is 26.8 Å². The number of nitrogens with two attached hydrogens (primary N) is 1. The van der Waals surface area contributed by atoms with Crippen LogP contribution in [0.3, 0.4) is 0 Å². The molecule has 0 radical (unpaired) electrons. The highest BCUT2D eigenvalue weighted by Crippen LogP contribution is 2.11. The SMILES string of the molecule is CCC(C)C(NC(=O)C(CCSC)NC(=O)C(NC(=O)C(N)CCSC)C(C)C)C(=O)O. The van der Waals surface area contributed by atoms with Gasteiger partial charge in [0.15, 0.2) is 0 Å². The van der Waals surface area contributed by atoms with Gasteiger partial charge in [0.25, 0.3) is 0 Å². The molecule has 0 aliphatic carbocycles. The van der Waals surface area contributed by atoms with Crippen LogP contribution in [0.5, 0.6) is 0 Å². The lowest BCUT2D eigenvalue weighted by Gasteiger charge is -2.27. The predicted octanol–water partition coefficient (Wildman–Crippen LogP) is 1.06. The number of aliphatic carboxylic acids is 1. The van der Waals surface area contributed by atoms with Gasteiger partial charge in [-0.05, 0) is 48.7 Å². The van der Waals surface area contributed by atoms with Crippen molar-refractivity contribution in [3.8, 4) is 0 Å². The average molecular weight is 493 g/mol. The summed E-state index contributed by atoms with van der Waals surface area (Å²) in [5, 5.41) is 17.4. The molecule has 9 nitrogen and oxygen atoms in total. The molecule has 6 N–H and O–H groups in total. The summed E-state index contributed by atoms with van der Waals surface area (Å²) in [4.78, 5) is 49.8. The first-order valence-electron chi connectivity index (χ1n) is 10.9. The molecular formula is C21H40N4O5S2. The first kappa shape index (κ1) is 30.5. The summed E-state index contributed by atoms with van der Waals surface area (Å²) < 4.78 is 0. The summed E-state index contributed by atoms with van der Waals surface area (Å²) in [6.07, 6.45) is 5.20. The highest BCUT2D eigenvalue weighted by Gasteiger charge is 2.32. The van der Waals surface area contributed by atoms with Crippen molar-refractivity contribution in [3.63, 3.8) is 0 Å². The first-order valence-corrected chi connectivity index (χ1v) is 13.7. The van der Waals surface area contributed by atoms with Crippen LogP contribution in [0.25, 0.3) is 0 Å². The van der Waals surface area contributed by atoms with Crippen molar-refractivity contribution in [2.24, 2.45) is 17.6 Å². The average Bonchev–Trinajstić information content (AvgIpc) is 2.75. The molecule has 0 saturated heterocycles. The number of nitrogens with one attached hydrogen (secondary N) is 3. The van der Waals surface area contributed by atoms with Gasteiger partial charge in [-0.25, -0.2) is 4.79 Å². The number of carbonyl (C=O) groups is 4. The second kappa shape index (κ2) is 16.2. The van der Waals surface area contributed by atoms with Crippen molar-refractivity contribution >= 4 is 47.2 Å². The lowest BCUT2D eigenvalue weighted by atomic mass is 9.98. The number of carboxylic acid groups (broad SMARTS) is 1. The van der Waals surface area contributed by atoms with E-state index in [9.17, 15) is 24.3 Å². The molecule has 0 aromatic carbocycles. The Morgan fingerprint density at radius 3 is 1.84 bits per heavy atom. The number of carboxylic acids is 1. The number of rotatable bonds is 16. The van der Waals surface area contributed by atoms with E-state index in [0.29, 0.717) is 25.0 Å². The van der Waals surface area contributed by atoms with Gasteiger partial charge in [0, 0.05) is 0 Å². The third-order valence-corrected chi connectivity index (χ3v) is 6.52. The fourth-order valence-electron chi connectivity index (χ4n) is 2.87. The largest absolute Gasteiger partial charge is 0.480 e. The van der Waals surface area contributed by atoms with Gasteiger partial charge in [-0.2, -0.15) is 23.5 Å². The summed E-state index contributed by atoms with van der Waals surface area (Å²) in [6.45, 7) is 7.18. The number of hydrogen-bond donors (Lipinski definition) is 5. The molecule has 0 rings (SSSR count). The second-order valence-electron chi connectivity index (χ2n) is 8.17. The Kier molecular flexibility index (Phi) is 15.5. The first-order chi connectivity index (χ1) is 15.0. The molecular weight excluding hydrogens is 452 g/mol. The van der Waals surface area contributed by atoms with Gasteiger partial charge in [0.1, 0.15) is 18.1 Å². The van der Waals surface area contributed by atoms with E-state index in [1.165, 1.54) is 11.8 Å². The molecule has 3 amide bonds. The summed E-state index contributed by atoms with van der Waals surface area (Å²) in [7, 11) is 0. The molecule has 0 bridgehead atoms. The molecule has 0 aliphatic rings. The maximum atomic E-state index is 13.0. The molecule has 0 spiro atoms. The topological polar surface area (TPSA) is 151 Å². The molecule has 32 heavy (non-hydrogen) atoms. The van der Waals surface area contributed by atoms with Crippen LogP contribution in [0.4, 0.5) is 0 Å². The summed E-state index contributed by atoms with van der Waals surface area (Å²) in [5.74, 6) is -1.76. The fourth-order valence-corrected chi connectivity index (χ4v) is 3.84. The van der Waals surface area contributed by atoms with Crippen LogP contribution in [0.1, 0.15) is 47.0 Å². The minimum absolute atomic E-state index is 0.233. The fraction of sp³-hybridized carbons (Fsp3) is 0.810. The van der Waals surface area contributed by atoms with Crippen molar-refractivity contribution < 1.29 is 24.3 Å². The van der Waals surface area contributed by atoms with Crippen molar-refractivity contribution in [1.82, 2.24) is 16.0 Å². The van der Waals surface area contributed by atoms with Gasteiger partial charge in [0.2, 0.25) is 17.7 Å². The predicted molar refractivity (Wildman–Crippen MR) is 132 cm³/mol. The Balaban J connectivity index is 5.38. The van der Waals surface area contributed by atoms with E-state index < -0.39 is 47.9 Å². The standard InChI is InChI=1S/C21H40N4O5S2/c1-7-13(4)17(21(29)30)25-19(27)15(9-11-32-6)23-20(28)16(12(2)3)24-18(26)14(22)8-10-31-5/h12-17H,7-11,22H2,1-6H3,(H,23,28)(H,24,26)(H,25,27)(H,29,30). The Bertz CT molecular complexity index is 621. The molecule has 11 heteroatoms. The Hall–Kier alpha value is -1.46. The zero-order valence-electron chi connectivity index (χ0n) is 20.0. The third-order valence-electron chi connectivity index (χ3n) is 5.24. The van der Waals surface area contributed by atoms with E-state index in [1.807, 2.05) is 19.4 Å². The van der Waals surface area contributed by atoms with Gasteiger partial charge in [-0.15, -0.1) is 0 Å². The van der Waals surface area contributed by atoms with Crippen LogP contribution in [0, 0.1) is 11.8 Å². The molecule has 186 valence electrons. The van der Waals surface area contributed by atoms with Crippen LogP contribution in [0.2, 0.25) is 0 Å². The van der Waals surface area contributed by atoms with E-state index in [0.717, 1.165) is 5.75 Å². The maximum absolute atomic E-state index is 13.0.